The van der Waals surface area contributed by atoms with Gasteiger partial charge in [0.15, 0.2) is 0 Å². The Kier molecular flexibility index (Phi) is 3.60. The maximum absolute atomic E-state index is 11.2. The molecule has 17 heavy (non-hydrogen) atoms. The van der Waals surface area contributed by atoms with Crippen molar-refractivity contribution in [2.45, 2.75) is 6.92 Å². The van der Waals surface area contributed by atoms with Crippen molar-refractivity contribution >= 4 is 30.4 Å². The van der Waals surface area contributed by atoms with Crippen molar-refractivity contribution in [3.8, 4) is 0 Å². The van der Waals surface area contributed by atoms with Crippen LogP contribution in [0.5, 0.6) is 0 Å². The minimum atomic E-state index is -0.878. The van der Waals surface area contributed by atoms with E-state index in [2.05, 4.69) is 4.98 Å². The number of pyridine rings is 1. The molecular formula is C13H11AsNO2. The van der Waals surface area contributed by atoms with Crippen LogP contribution < -0.4 is 8.70 Å². The van der Waals surface area contributed by atoms with Gasteiger partial charge >= 0.3 is 106 Å². The standard InChI is InChI=1S/C13H11AsNO2/c1-9-12(11(13(16)17)7-8-15-9)14-10-5-3-2-4-6-10/h2-8H,1H3,(H,16,17). The molecule has 3 nitrogen and oxygen atoms in total. The summed E-state index contributed by atoms with van der Waals surface area (Å²) < 4.78 is 2.06. The number of hydrogen-bond acceptors (Lipinski definition) is 2. The van der Waals surface area contributed by atoms with Crippen LogP contribution in [0.25, 0.3) is 0 Å². The summed E-state index contributed by atoms with van der Waals surface area (Å²) in [5.41, 5.74) is 1.19. The van der Waals surface area contributed by atoms with Crippen molar-refractivity contribution in [3.63, 3.8) is 0 Å². The van der Waals surface area contributed by atoms with Crippen molar-refractivity contribution in [2.75, 3.05) is 0 Å². The zero-order valence-corrected chi connectivity index (χ0v) is 11.2. The molecule has 2 aromatic rings. The van der Waals surface area contributed by atoms with Crippen LogP contribution in [0, 0.1) is 6.92 Å². The van der Waals surface area contributed by atoms with Gasteiger partial charge in [-0.05, 0) is 0 Å². The number of carboxylic acids is 1. The second kappa shape index (κ2) is 5.15. The number of benzene rings is 1. The van der Waals surface area contributed by atoms with E-state index >= 15 is 0 Å². The second-order valence-corrected chi connectivity index (χ2v) is 6.04. The van der Waals surface area contributed by atoms with Crippen LogP contribution in [0.4, 0.5) is 0 Å². The van der Waals surface area contributed by atoms with Crippen molar-refractivity contribution in [2.24, 2.45) is 0 Å². The molecule has 0 fully saturated rings. The van der Waals surface area contributed by atoms with Crippen LogP contribution in [0.2, 0.25) is 0 Å². The minimum absolute atomic E-state index is 0.330. The summed E-state index contributed by atoms with van der Waals surface area (Å²) in [5, 5.41) is 9.16. The van der Waals surface area contributed by atoms with E-state index in [1.54, 1.807) is 12.3 Å². The molecule has 0 bridgehead atoms. The van der Waals surface area contributed by atoms with Gasteiger partial charge < -0.3 is 0 Å². The van der Waals surface area contributed by atoms with Gasteiger partial charge in [0.05, 0.1) is 0 Å². The van der Waals surface area contributed by atoms with Crippen LogP contribution in [-0.2, 0) is 0 Å². The van der Waals surface area contributed by atoms with Crippen LogP contribution in [0.15, 0.2) is 42.6 Å². The fourth-order valence-corrected chi connectivity index (χ4v) is 3.79. The molecule has 85 valence electrons. The predicted octanol–water partition coefficient (Wildman–Crippen LogP) is 0.743. The molecule has 0 unspecified atom stereocenters. The van der Waals surface area contributed by atoms with Gasteiger partial charge in [-0.2, -0.15) is 0 Å². The molecule has 0 saturated heterocycles. The quantitative estimate of drug-likeness (QED) is 0.848. The average molecular weight is 288 g/mol. The molecular weight excluding hydrogens is 277 g/mol. The summed E-state index contributed by atoms with van der Waals surface area (Å²) in [6.07, 6.45) is 1.55. The molecule has 1 radical (unpaired) electrons. The number of aryl methyl sites for hydroxylation is 1. The number of aromatic carboxylic acids is 1. The number of aromatic nitrogens is 1. The topological polar surface area (TPSA) is 50.2 Å². The monoisotopic (exact) mass is 288 g/mol. The molecule has 0 amide bonds. The fourth-order valence-electron chi connectivity index (χ4n) is 1.50. The van der Waals surface area contributed by atoms with Crippen LogP contribution in [0.1, 0.15) is 16.1 Å². The van der Waals surface area contributed by atoms with E-state index in [0.717, 1.165) is 10.0 Å². The molecule has 0 spiro atoms. The molecule has 0 aliphatic carbocycles. The Bertz CT molecular complexity index is 540. The fraction of sp³-hybridized carbons (Fsp3) is 0.0769. The summed E-state index contributed by atoms with van der Waals surface area (Å²) in [6.45, 7) is 1.86. The zero-order valence-electron chi connectivity index (χ0n) is 9.29. The predicted molar refractivity (Wildman–Crippen MR) is 67.4 cm³/mol. The molecule has 0 atom stereocenters. The van der Waals surface area contributed by atoms with E-state index in [1.165, 1.54) is 4.35 Å². The normalized spacial score (nSPS) is 10.9. The Labute approximate surface area is 106 Å². The van der Waals surface area contributed by atoms with Gasteiger partial charge in [0.25, 0.3) is 0 Å². The second-order valence-electron chi connectivity index (χ2n) is 3.55. The van der Waals surface area contributed by atoms with Crippen LogP contribution in [-0.4, -0.2) is 31.8 Å². The van der Waals surface area contributed by atoms with E-state index in [1.807, 2.05) is 37.3 Å². The van der Waals surface area contributed by atoms with Gasteiger partial charge in [-0.1, -0.05) is 0 Å². The SMILES string of the molecule is Cc1nccc(C(=O)O)c1[As]c1ccccc1. The first kappa shape index (κ1) is 11.9. The molecule has 2 rings (SSSR count). The van der Waals surface area contributed by atoms with Gasteiger partial charge in [0.2, 0.25) is 0 Å². The Morgan fingerprint density at radius 2 is 1.94 bits per heavy atom. The zero-order chi connectivity index (χ0) is 12.3. The van der Waals surface area contributed by atoms with E-state index in [4.69, 9.17) is 5.11 Å². The number of nitrogens with zero attached hydrogens (tertiary/aromatic N) is 1. The van der Waals surface area contributed by atoms with Crippen molar-refractivity contribution < 1.29 is 9.90 Å². The number of carbonyl (C=O) groups is 1. The Morgan fingerprint density at radius 1 is 1.24 bits per heavy atom. The van der Waals surface area contributed by atoms with Gasteiger partial charge in [-0.3, -0.25) is 0 Å². The Hall–Kier alpha value is -1.60. The molecule has 1 N–H and O–H groups in total. The van der Waals surface area contributed by atoms with Gasteiger partial charge in [-0.15, -0.1) is 0 Å². The summed E-state index contributed by atoms with van der Waals surface area (Å²) in [6, 6.07) is 11.5. The van der Waals surface area contributed by atoms with Gasteiger partial charge in [-0.25, -0.2) is 0 Å². The number of hydrogen-bond donors (Lipinski definition) is 1. The molecule has 1 heterocycles. The Morgan fingerprint density at radius 3 is 2.59 bits per heavy atom. The molecule has 1 aromatic heterocycles. The van der Waals surface area contributed by atoms with E-state index in [-0.39, 0.29) is 15.8 Å². The molecule has 0 saturated carbocycles. The first-order valence-electron chi connectivity index (χ1n) is 5.14. The first-order valence-corrected chi connectivity index (χ1v) is 7.02. The van der Waals surface area contributed by atoms with E-state index in [9.17, 15) is 4.79 Å². The third-order valence-corrected chi connectivity index (χ3v) is 5.16. The van der Waals surface area contributed by atoms with Crippen LogP contribution in [0.3, 0.4) is 0 Å². The third-order valence-electron chi connectivity index (χ3n) is 2.33. The average Bonchev–Trinajstić information content (AvgIpc) is 2.33. The number of rotatable bonds is 3. The summed E-state index contributed by atoms with van der Waals surface area (Å²) in [4.78, 5) is 15.3. The van der Waals surface area contributed by atoms with Crippen molar-refractivity contribution in [3.05, 3.63) is 53.9 Å². The summed E-state index contributed by atoms with van der Waals surface area (Å²) >= 11 is -0.330. The molecule has 0 aliphatic heterocycles. The van der Waals surface area contributed by atoms with Crippen molar-refractivity contribution in [1.82, 2.24) is 4.98 Å². The van der Waals surface area contributed by atoms with Gasteiger partial charge in [0, 0.05) is 0 Å². The first-order chi connectivity index (χ1) is 8.18. The summed E-state index contributed by atoms with van der Waals surface area (Å²) in [7, 11) is 0. The van der Waals surface area contributed by atoms with Crippen molar-refractivity contribution in [1.29, 1.82) is 0 Å². The number of carboxylic acid groups (broad SMARTS) is 1. The van der Waals surface area contributed by atoms with Crippen LogP contribution >= 0.6 is 0 Å². The summed E-state index contributed by atoms with van der Waals surface area (Å²) in [5.74, 6) is -0.878. The van der Waals surface area contributed by atoms with E-state index < -0.39 is 5.97 Å². The Balaban J connectivity index is 2.41. The maximum atomic E-state index is 11.2. The molecule has 0 aliphatic rings. The third kappa shape index (κ3) is 2.74. The van der Waals surface area contributed by atoms with Gasteiger partial charge in [0.1, 0.15) is 0 Å². The van der Waals surface area contributed by atoms with E-state index in [0.29, 0.717) is 5.56 Å². The molecule has 1 aromatic carbocycles. The molecule has 4 heteroatoms.